The van der Waals surface area contributed by atoms with E-state index in [0.29, 0.717) is 12.8 Å². The summed E-state index contributed by atoms with van der Waals surface area (Å²) >= 11 is 0. The Bertz CT molecular complexity index is 85.1. The summed E-state index contributed by atoms with van der Waals surface area (Å²) in [5.41, 5.74) is -1.81. The maximum absolute atomic E-state index is 12.5. The molecule has 1 nitrogen and oxygen atoms in total. The molecule has 0 heterocycles. The number of aliphatic hydroxyl groups is 1. The number of hydrogen-bond donors (Lipinski definition) is 1. The van der Waals surface area contributed by atoms with Crippen LogP contribution in [-0.4, -0.2) is 16.4 Å². The Kier molecular flexibility index (Phi) is 0.932. The van der Waals surface area contributed by atoms with Crippen LogP contribution in [0.3, 0.4) is 0 Å². The molecule has 1 fully saturated rings. The van der Waals surface area contributed by atoms with E-state index in [1.807, 2.05) is 0 Å². The molecule has 0 amide bonds. The van der Waals surface area contributed by atoms with Crippen molar-refractivity contribution in [3.63, 3.8) is 0 Å². The molecule has 0 aromatic heterocycles. The van der Waals surface area contributed by atoms with Crippen LogP contribution in [-0.2, 0) is 0 Å². The third-order valence-corrected chi connectivity index (χ3v) is 1.50. The van der Waals surface area contributed by atoms with Crippen molar-refractivity contribution in [1.29, 1.82) is 0 Å². The SMILES string of the molecule is CC1(O)CC(C)(F)C1. The van der Waals surface area contributed by atoms with Gasteiger partial charge in [0, 0.05) is 12.8 Å². The van der Waals surface area contributed by atoms with Gasteiger partial charge in [0.15, 0.2) is 0 Å². The van der Waals surface area contributed by atoms with Crippen molar-refractivity contribution in [3.05, 3.63) is 0 Å². The Morgan fingerprint density at radius 2 is 1.75 bits per heavy atom. The Morgan fingerprint density at radius 1 is 1.38 bits per heavy atom. The minimum atomic E-state index is -1.09. The second kappa shape index (κ2) is 1.24. The molecule has 1 N–H and O–H groups in total. The predicted octanol–water partition coefficient (Wildman–Crippen LogP) is 1.26. The maximum atomic E-state index is 12.5. The summed E-state index contributed by atoms with van der Waals surface area (Å²) in [6.45, 7) is 3.18. The molecule has 48 valence electrons. The van der Waals surface area contributed by atoms with Gasteiger partial charge in [0.1, 0.15) is 5.67 Å². The minimum absolute atomic E-state index is 0.292. The van der Waals surface area contributed by atoms with Crippen molar-refractivity contribution in [2.45, 2.75) is 38.0 Å². The highest BCUT2D eigenvalue weighted by molar-refractivity contribution is 4.99. The van der Waals surface area contributed by atoms with E-state index < -0.39 is 11.3 Å². The lowest BCUT2D eigenvalue weighted by Crippen LogP contribution is -2.50. The summed E-state index contributed by atoms with van der Waals surface area (Å²) < 4.78 is 12.5. The van der Waals surface area contributed by atoms with Crippen LogP contribution >= 0.6 is 0 Å². The smallest absolute Gasteiger partial charge is 0.113 e. The Balaban J connectivity index is 2.42. The second-order valence-corrected chi connectivity index (χ2v) is 3.26. The van der Waals surface area contributed by atoms with Crippen molar-refractivity contribution in [2.24, 2.45) is 0 Å². The van der Waals surface area contributed by atoms with Crippen LogP contribution in [0.2, 0.25) is 0 Å². The molecule has 1 saturated carbocycles. The third kappa shape index (κ3) is 0.996. The van der Waals surface area contributed by atoms with Gasteiger partial charge in [-0.05, 0) is 13.8 Å². The first-order valence-corrected chi connectivity index (χ1v) is 2.83. The van der Waals surface area contributed by atoms with Gasteiger partial charge in [-0.1, -0.05) is 0 Å². The van der Waals surface area contributed by atoms with Gasteiger partial charge in [-0.3, -0.25) is 0 Å². The molecule has 1 rings (SSSR count). The summed E-state index contributed by atoms with van der Waals surface area (Å²) in [5, 5.41) is 9.01. The van der Waals surface area contributed by atoms with Crippen LogP contribution in [0.4, 0.5) is 4.39 Å². The molecule has 2 heteroatoms. The van der Waals surface area contributed by atoms with E-state index in [2.05, 4.69) is 0 Å². The topological polar surface area (TPSA) is 20.2 Å². The first-order chi connectivity index (χ1) is 3.41. The van der Waals surface area contributed by atoms with Gasteiger partial charge < -0.3 is 5.11 Å². The van der Waals surface area contributed by atoms with Crippen LogP contribution in [0.25, 0.3) is 0 Å². The highest BCUT2D eigenvalue weighted by Crippen LogP contribution is 2.43. The molecule has 0 saturated heterocycles. The van der Waals surface area contributed by atoms with E-state index in [-0.39, 0.29) is 0 Å². The molecule has 0 aromatic carbocycles. The van der Waals surface area contributed by atoms with Gasteiger partial charge in [0.2, 0.25) is 0 Å². The van der Waals surface area contributed by atoms with Crippen molar-refractivity contribution in [1.82, 2.24) is 0 Å². The van der Waals surface area contributed by atoms with Crippen molar-refractivity contribution < 1.29 is 9.50 Å². The maximum Gasteiger partial charge on any atom is 0.113 e. The lowest BCUT2D eigenvalue weighted by molar-refractivity contribution is -0.119. The van der Waals surface area contributed by atoms with Crippen LogP contribution in [0.5, 0.6) is 0 Å². The molecule has 0 atom stereocenters. The molecule has 8 heavy (non-hydrogen) atoms. The average Bonchev–Trinajstić information content (AvgIpc) is 1.20. The average molecular weight is 118 g/mol. The monoisotopic (exact) mass is 118 g/mol. The van der Waals surface area contributed by atoms with Crippen LogP contribution in [0.15, 0.2) is 0 Å². The third-order valence-electron chi connectivity index (χ3n) is 1.50. The zero-order valence-corrected chi connectivity index (χ0v) is 5.24. The van der Waals surface area contributed by atoms with Crippen molar-refractivity contribution >= 4 is 0 Å². The van der Waals surface area contributed by atoms with Gasteiger partial charge in [-0.2, -0.15) is 0 Å². The van der Waals surface area contributed by atoms with Gasteiger partial charge >= 0.3 is 0 Å². The van der Waals surface area contributed by atoms with Crippen molar-refractivity contribution in [3.8, 4) is 0 Å². The molecular weight excluding hydrogens is 107 g/mol. The summed E-state index contributed by atoms with van der Waals surface area (Å²) in [6, 6.07) is 0. The number of rotatable bonds is 0. The molecule has 1 aliphatic rings. The molecule has 0 radical (unpaired) electrons. The van der Waals surface area contributed by atoms with Crippen molar-refractivity contribution in [2.75, 3.05) is 0 Å². The lowest BCUT2D eigenvalue weighted by atomic mass is 9.71. The van der Waals surface area contributed by atoms with Gasteiger partial charge in [0.25, 0.3) is 0 Å². The molecule has 0 spiro atoms. The first kappa shape index (κ1) is 6.02. The first-order valence-electron chi connectivity index (χ1n) is 2.83. The fourth-order valence-electron chi connectivity index (χ4n) is 1.54. The van der Waals surface area contributed by atoms with E-state index in [4.69, 9.17) is 5.11 Å². The molecule has 1 aliphatic carbocycles. The minimum Gasteiger partial charge on any atom is -0.390 e. The van der Waals surface area contributed by atoms with Crippen LogP contribution in [0, 0.1) is 0 Å². The highest BCUT2D eigenvalue weighted by atomic mass is 19.1. The van der Waals surface area contributed by atoms with Gasteiger partial charge in [-0.15, -0.1) is 0 Å². The summed E-state index contributed by atoms with van der Waals surface area (Å²) in [6.07, 6.45) is 0.583. The largest absolute Gasteiger partial charge is 0.390 e. The quantitative estimate of drug-likeness (QED) is 0.507. The van der Waals surface area contributed by atoms with Gasteiger partial charge in [0.05, 0.1) is 5.60 Å². The highest BCUT2D eigenvalue weighted by Gasteiger charge is 2.48. The van der Waals surface area contributed by atoms with E-state index >= 15 is 0 Å². The normalized spacial score (nSPS) is 55.5. The fraction of sp³-hybridized carbons (Fsp3) is 1.00. The second-order valence-electron chi connectivity index (χ2n) is 3.26. The zero-order valence-electron chi connectivity index (χ0n) is 5.24. The zero-order chi connectivity index (χ0) is 6.41. The van der Waals surface area contributed by atoms with E-state index in [1.54, 1.807) is 6.92 Å². The van der Waals surface area contributed by atoms with E-state index in [9.17, 15) is 4.39 Å². The Labute approximate surface area is 48.5 Å². The summed E-state index contributed by atoms with van der Waals surface area (Å²) in [5.74, 6) is 0. The number of halogens is 1. The van der Waals surface area contributed by atoms with Crippen LogP contribution in [0.1, 0.15) is 26.7 Å². The molecular formula is C6H11FO. The molecule has 0 aromatic rings. The molecule has 0 unspecified atom stereocenters. The fourth-order valence-corrected chi connectivity index (χ4v) is 1.54. The predicted molar refractivity (Wildman–Crippen MR) is 29.4 cm³/mol. The summed E-state index contributed by atoms with van der Waals surface area (Å²) in [7, 11) is 0. The number of alkyl halides is 1. The van der Waals surface area contributed by atoms with E-state index in [0.717, 1.165) is 0 Å². The van der Waals surface area contributed by atoms with Gasteiger partial charge in [-0.25, -0.2) is 4.39 Å². The summed E-state index contributed by atoms with van der Waals surface area (Å²) in [4.78, 5) is 0. The molecule has 0 aliphatic heterocycles. The lowest BCUT2D eigenvalue weighted by Gasteiger charge is -2.43. The molecule has 0 bridgehead atoms. The standard InChI is InChI=1S/C6H11FO/c1-5(7)3-6(2,8)4-5/h8H,3-4H2,1-2H3. The van der Waals surface area contributed by atoms with E-state index in [1.165, 1.54) is 6.92 Å². The Hall–Kier alpha value is -0.110. The van der Waals surface area contributed by atoms with Crippen LogP contribution < -0.4 is 0 Å². The Morgan fingerprint density at radius 3 is 1.75 bits per heavy atom. The number of hydrogen-bond acceptors (Lipinski definition) is 1.